The van der Waals surface area contributed by atoms with Gasteiger partial charge in [0.2, 0.25) is 0 Å². The molecule has 0 aliphatic carbocycles. The van der Waals surface area contributed by atoms with Gasteiger partial charge in [0.05, 0.1) is 0 Å². The average molecular weight is 191 g/mol. The molecule has 0 rings (SSSR count). The van der Waals surface area contributed by atoms with Crippen LogP contribution in [-0.4, -0.2) is 17.8 Å². The normalized spacial score (nSPS) is 9.50. The lowest BCUT2D eigenvalue weighted by Gasteiger charge is -2.06. The number of nitrogens with zero attached hydrogens (tertiary/aromatic N) is 1. The van der Waals surface area contributed by atoms with E-state index in [9.17, 15) is 0 Å². The minimum Gasteiger partial charge on any atom is -0.288 e. The van der Waals surface area contributed by atoms with Crippen LogP contribution in [0.2, 0.25) is 0 Å². The summed E-state index contributed by atoms with van der Waals surface area (Å²) < 4.78 is 2.17. The van der Waals surface area contributed by atoms with Gasteiger partial charge in [-0.25, -0.2) is 0 Å². The van der Waals surface area contributed by atoms with Crippen LogP contribution in [0.4, 0.5) is 0 Å². The zero-order valence-electron chi connectivity index (χ0n) is 9.27. The van der Waals surface area contributed by atoms with Gasteiger partial charge in [-0.3, -0.25) is 4.67 Å². The Morgan fingerprint density at radius 3 is 1.25 bits per heavy atom. The molecule has 0 N–H and O–H groups in total. The van der Waals surface area contributed by atoms with Crippen molar-refractivity contribution >= 4 is 9.39 Å². The third-order valence-corrected chi connectivity index (χ3v) is 2.50. The molecule has 76 valence electrons. The van der Waals surface area contributed by atoms with Crippen LogP contribution in [0.15, 0.2) is 0 Å². The topological polar surface area (TPSA) is 3.24 Å². The van der Waals surface area contributed by atoms with Crippen molar-refractivity contribution < 1.29 is 0 Å². The molecule has 0 fully saturated rings. The third kappa shape index (κ3) is 16.8. The summed E-state index contributed by atoms with van der Waals surface area (Å²) in [6, 6.07) is 0. The van der Waals surface area contributed by atoms with Crippen molar-refractivity contribution in [3.05, 3.63) is 0 Å². The van der Waals surface area contributed by atoms with Crippen molar-refractivity contribution in [1.29, 1.82) is 0 Å². The maximum atomic E-state index is 2.64. The highest BCUT2D eigenvalue weighted by atomic mass is 31.0. The Labute approximate surface area is 81.2 Å². The van der Waals surface area contributed by atoms with Crippen molar-refractivity contribution in [2.45, 2.75) is 53.4 Å². The molecule has 0 heterocycles. The van der Waals surface area contributed by atoms with Crippen molar-refractivity contribution in [2.24, 2.45) is 0 Å². The standard InChI is InChI=1S/C6H14.C4H12NP/c1-3-5-6-4-2;1-3-5(6)4-2/h3-6H2,1-2H3;3-4,6H2,1-2H3. The summed E-state index contributed by atoms with van der Waals surface area (Å²) in [6.07, 6.45) is 5.54. The van der Waals surface area contributed by atoms with Gasteiger partial charge in [-0.1, -0.05) is 62.8 Å². The lowest BCUT2D eigenvalue weighted by atomic mass is 10.2. The average Bonchev–Trinajstić information content (AvgIpc) is 2.14. The fraction of sp³-hybridized carbons (Fsp3) is 1.00. The summed E-state index contributed by atoms with van der Waals surface area (Å²) in [5, 5.41) is 0. The molecule has 0 aliphatic heterocycles. The zero-order chi connectivity index (χ0) is 9.82. The molecule has 0 saturated heterocycles. The van der Waals surface area contributed by atoms with E-state index in [-0.39, 0.29) is 0 Å². The Morgan fingerprint density at radius 1 is 0.833 bits per heavy atom. The van der Waals surface area contributed by atoms with Gasteiger partial charge in [0.15, 0.2) is 0 Å². The molecule has 0 spiro atoms. The smallest absolute Gasteiger partial charge is 0.00124 e. The molecule has 1 unspecified atom stereocenters. The van der Waals surface area contributed by atoms with Crippen molar-refractivity contribution in [3.8, 4) is 0 Å². The van der Waals surface area contributed by atoms with E-state index in [1.165, 1.54) is 25.7 Å². The molecule has 0 aliphatic rings. The first kappa shape index (κ1) is 14.9. The lowest BCUT2D eigenvalue weighted by Crippen LogP contribution is -2.07. The van der Waals surface area contributed by atoms with Crippen LogP contribution in [0.5, 0.6) is 0 Å². The van der Waals surface area contributed by atoms with Crippen LogP contribution >= 0.6 is 9.39 Å². The monoisotopic (exact) mass is 191 g/mol. The number of rotatable bonds is 5. The van der Waals surface area contributed by atoms with Crippen LogP contribution in [-0.2, 0) is 0 Å². The second-order valence-electron chi connectivity index (χ2n) is 2.93. The fourth-order valence-electron chi connectivity index (χ4n) is 0.724. The van der Waals surface area contributed by atoms with Crippen molar-refractivity contribution in [1.82, 2.24) is 4.67 Å². The Bertz CT molecular complexity index is 58.9. The number of hydrogen-bond donors (Lipinski definition) is 0. The van der Waals surface area contributed by atoms with Crippen molar-refractivity contribution in [3.63, 3.8) is 0 Å². The summed E-state index contributed by atoms with van der Waals surface area (Å²) in [5.41, 5.74) is 0. The number of hydrogen-bond acceptors (Lipinski definition) is 1. The summed E-state index contributed by atoms with van der Waals surface area (Å²) >= 11 is 0. The third-order valence-electron chi connectivity index (χ3n) is 1.77. The van der Waals surface area contributed by atoms with E-state index >= 15 is 0 Å². The molecule has 0 aromatic heterocycles. The van der Waals surface area contributed by atoms with E-state index in [1.54, 1.807) is 0 Å². The zero-order valence-corrected chi connectivity index (χ0v) is 10.4. The van der Waals surface area contributed by atoms with Gasteiger partial charge in [0.1, 0.15) is 0 Å². The Balaban J connectivity index is 0. The van der Waals surface area contributed by atoms with E-state index in [4.69, 9.17) is 0 Å². The summed E-state index contributed by atoms with van der Waals surface area (Å²) in [7, 11) is 2.64. The molecular weight excluding hydrogens is 165 g/mol. The molecule has 0 radical (unpaired) electrons. The molecule has 12 heavy (non-hydrogen) atoms. The molecule has 2 heteroatoms. The van der Waals surface area contributed by atoms with E-state index in [2.05, 4.69) is 41.8 Å². The first-order valence-electron chi connectivity index (χ1n) is 5.22. The van der Waals surface area contributed by atoms with Gasteiger partial charge in [0.25, 0.3) is 0 Å². The second-order valence-corrected chi connectivity index (χ2v) is 3.66. The predicted octanol–water partition coefficient (Wildman–Crippen LogP) is 3.70. The Kier molecular flexibility index (Phi) is 17.3. The van der Waals surface area contributed by atoms with Gasteiger partial charge in [-0.15, -0.1) is 0 Å². The van der Waals surface area contributed by atoms with Gasteiger partial charge in [-0.05, 0) is 13.1 Å². The largest absolute Gasteiger partial charge is 0.288 e. The first-order chi connectivity index (χ1) is 5.72. The quantitative estimate of drug-likeness (QED) is 0.473. The fourth-order valence-corrected chi connectivity index (χ4v) is 0.724. The first-order valence-corrected chi connectivity index (χ1v) is 5.74. The summed E-state index contributed by atoms with van der Waals surface area (Å²) in [5.74, 6) is 0. The van der Waals surface area contributed by atoms with E-state index < -0.39 is 0 Å². The molecule has 1 nitrogen and oxygen atoms in total. The van der Waals surface area contributed by atoms with Crippen LogP contribution < -0.4 is 0 Å². The van der Waals surface area contributed by atoms with E-state index in [1.807, 2.05) is 0 Å². The van der Waals surface area contributed by atoms with Crippen molar-refractivity contribution in [2.75, 3.05) is 13.1 Å². The summed E-state index contributed by atoms with van der Waals surface area (Å²) in [4.78, 5) is 0. The number of unbranched alkanes of at least 4 members (excludes halogenated alkanes) is 3. The minimum absolute atomic E-state index is 1.13. The Morgan fingerprint density at radius 2 is 1.17 bits per heavy atom. The Hall–Kier alpha value is 0.390. The van der Waals surface area contributed by atoms with Gasteiger partial charge < -0.3 is 0 Å². The molecule has 0 amide bonds. The van der Waals surface area contributed by atoms with Gasteiger partial charge in [0, 0.05) is 0 Å². The van der Waals surface area contributed by atoms with Crippen LogP contribution in [0.25, 0.3) is 0 Å². The minimum atomic E-state index is 1.13. The predicted molar refractivity (Wildman–Crippen MR) is 62.4 cm³/mol. The van der Waals surface area contributed by atoms with E-state index in [0.717, 1.165) is 13.1 Å². The van der Waals surface area contributed by atoms with Gasteiger partial charge in [-0.2, -0.15) is 0 Å². The molecular formula is C10H26NP. The lowest BCUT2D eigenvalue weighted by molar-refractivity contribution is 0.524. The summed E-state index contributed by atoms with van der Waals surface area (Å²) in [6.45, 7) is 11.0. The SMILES string of the molecule is CCCCCC.CCN(P)CC. The molecule has 1 atom stereocenters. The van der Waals surface area contributed by atoms with E-state index in [0.29, 0.717) is 0 Å². The van der Waals surface area contributed by atoms with Crippen LogP contribution in [0.3, 0.4) is 0 Å². The molecule has 0 aromatic rings. The maximum absolute atomic E-state index is 2.64. The van der Waals surface area contributed by atoms with Gasteiger partial charge >= 0.3 is 0 Å². The van der Waals surface area contributed by atoms with Crippen LogP contribution in [0, 0.1) is 0 Å². The highest BCUT2D eigenvalue weighted by molar-refractivity contribution is 7.13. The highest BCUT2D eigenvalue weighted by Gasteiger charge is 1.81. The maximum Gasteiger partial charge on any atom is -0.00124 e. The van der Waals surface area contributed by atoms with Crippen LogP contribution in [0.1, 0.15) is 53.4 Å². The molecule has 0 saturated carbocycles. The second kappa shape index (κ2) is 13.9. The highest BCUT2D eigenvalue weighted by Crippen LogP contribution is 1.95. The molecule has 0 aromatic carbocycles. The molecule has 0 bridgehead atoms.